The molecule has 0 radical (unpaired) electrons. The van der Waals surface area contributed by atoms with Gasteiger partial charge in [-0.1, -0.05) is 24.3 Å². The minimum absolute atomic E-state index is 0.198. The van der Waals surface area contributed by atoms with Crippen molar-refractivity contribution in [2.45, 2.75) is 0 Å². The van der Waals surface area contributed by atoms with E-state index < -0.39 is 0 Å². The number of hydrogen-bond acceptors (Lipinski definition) is 4. The number of aromatic nitrogens is 4. The fourth-order valence-electron chi connectivity index (χ4n) is 3.33. The molecule has 0 saturated carbocycles. The third kappa shape index (κ3) is 3.04. The Morgan fingerprint density at radius 3 is 2.62 bits per heavy atom. The Bertz CT molecular complexity index is 1370. The Morgan fingerprint density at radius 2 is 1.76 bits per heavy atom. The molecule has 3 N–H and O–H groups in total. The highest BCUT2D eigenvalue weighted by Gasteiger charge is 2.18. The summed E-state index contributed by atoms with van der Waals surface area (Å²) in [5.74, 6) is 0.262. The van der Waals surface area contributed by atoms with Crippen LogP contribution < -0.4 is 10.9 Å². The number of pyridine rings is 1. The number of benzene rings is 1. The largest absolute Gasteiger partial charge is 0.338 e. The second-order valence-corrected chi connectivity index (χ2v) is 6.57. The van der Waals surface area contributed by atoms with Crippen LogP contribution in [0.5, 0.6) is 0 Å². The van der Waals surface area contributed by atoms with E-state index in [1.165, 1.54) is 0 Å². The molecule has 0 unspecified atom stereocenters. The van der Waals surface area contributed by atoms with E-state index in [0.717, 1.165) is 16.8 Å². The van der Waals surface area contributed by atoms with Crippen molar-refractivity contribution < 1.29 is 4.79 Å². The highest BCUT2D eigenvalue weighted by molar-refractivity contribution is 6.05. The number of carbonyl (C=O) groups excluding carboxylic acids is 1. The first kappa shape index (κ1) is 16.9. The number of imidazole rings is 1. The van der Waals surface area contributed by atoms with E-state index >= 15 is 0 Å². The molecule has 0 atom stereocenters. The zero-order chi connectivity index (χ0) is 19.8. The number of amides is 1. The number of H-pyrrole nitrogens is 2. The van der Waals surface area contributed by atoms with Gasteiger partial charge < -0.3 is 15.3 Å². The van der Waals surface area contributed by atoms with Crippen molar-refractivity contribution in [1.29, 1.82) is 0 Å². The summed E-state index contributed by atoms with van der Waals surface area (Å²) >= 11 is 0. The van der Waals surface area contributed by atoms with Gasteiger partial charge in [-0.2, -0.15) is 0 Å². The molecule has 2 aromatic heterocycles. The highest BCUT2D eigenvalue weighted by atomic mass is 16.1. The van der Waals surface area contributed by atoms with Gasteiger partial charge in [0.25, 0.3) is 11.5 Å². The second kappa shape index (κ2) is 6.72. The molecular weight excluding hydrogens is 366 g/mol. The molecule has 2 aliphatic rings. The minimum Gasteiger partial charge on any atom is -0.338 e. The number of aromatic amines is 2. The first-order chi connectivity index (χ1) is 14.2. The Morgan fingerprint density at radius 1 is 0.931 bits per heavy atom. The van der Waals surface area contributed by atoms with Gasteiger partial charge in [-0.3, -0.25) is 14.6 Å². The van der Waals surface area contributed by atoms with Gasteiger partial charge >= 0.3 is 0 Å². The normalized spacial score (nSPS) is 11.0. The number of nitrogens with one attached hydrogen (secondary N) is 3. The monoisotopic (exact) mass is 381 g/mol. The van der Waals surface area contributed by atoms with Gasteiger partial charge in [-0.15, -0.1) is 0 Å². The number of anilines is 1. The topological polar surface area (TPSA) is 104 Å². The second-order valence-electron chi connectivity index (χ2n) is 6.57. The van der Waals surface area contributed by atoms with Crippen molar-refractivity contribution in [3.63, 3.8) is 0 Å². The molecule has 29 heavy (non-hydrogen) atoms. The molecule has 1 amide bonds. The summed E-state index contributed by atoms with van der Waals surface area (Å²) in [6.45, 7) is 0. The molecule has 3 aromatic rings. The Balaban J connectivity index is 1.52. The van der Waals surface area contributed by atoms with Gasteiger partial charge in [-0.25, -0.2) is 4.98 Å². The van der Waals surface area contributed by atoms with E-state index in [4.69, 9.17) is 0 Å². The Hall–Kier alpha value is -4.26. The Kier molecular flexibility index (Phi) is 3.91. The molecule has 140 valence electrons. The first-order valence-corrected chi connectivity index (χ1v) is 9.01. The van der Waals surface area contributed by atoms with E-state index in [-0.39, 0.29) is 11.5 Å². The standard InChI is InChI=1S/C22H15N5O2/c28-21(13-8-10-23-11-9-13)24-14-6-7-17-18(12-14)26-20(25-17)19-15-4-2-1-3-5-16(15)27-22(19)29/h1-12H,(H,24,28)(H,25,26)(H,27,29). The number of nitrogens with zero attached hydrogens (tertiary/aromatic N) is 2. The summed E-state index contributed by atoms with van der Waals surface area (Å²) in [7, 11) is 0. The van der Waals surface area contributed by atoms with Crippen LogP contribution in [0, 0.1) is 0 Å². The molecule has 1 aliphatic carbocycles. The Labute approximate surface area is 164 Å². The zero-order valence-corrected chi connectivity index (χ0v) is 15.1. The molecule has 0 fully saturated rings. The molecule has 3 heterocycles. The van der Waals surface area contributed by atoms with Crippen molar-refractivity contribution >= 4 is 22.6 Å². The highest BCUT2D eigenvalue weighted by Crippen LogP contribution is 2.29. The lowest BCUT2D eigenvalue weighted by atomic mass is 10.1. The summed E-state index contributed by atoms with van der Waals surface area (Å²) in [4.78, 5) is 39.4. The molecule has 0 saturated heterocycles. The van der Waals surface area contributed by atoms with Crippen molar-refractivity contribution in [2.24, 2.45) is 0 Å². The van der Waals surface area contributed by atoms with Crippen molar-refractivity contribution in [1.82, 2.24) is 19.9 Å². The number of carbonyl (C=O) groups is 1. The summed E-state index contributed by atoms with van der Waals surface area (Å²) in [6, 6.07) is 18.1. The lowest BCUT2D eigenvalue weighted by molar-refractivity contribution is 0.102. The maximum absolute atomic E-state index is 12.5. The van der Waals surface area contributed by atoms with Crippen LogP contribution in [0.4, 0.5) is 5.69 Å². The molecule has 1 aromatic carbocycles. The third-order valence-electron chi connectivity index (χ3n) is 4.70. The van der Waals surface area contributed by atoms with E-state index in [2.05, 4.69) is 25.3 Å². The predicted molar refractivity (Wildman–Crippen MR) is 111 cm³/mol. The van der Waals surface area contributed by atoms with Gasteiger partial charge in [0, 0.05) is 34.9 Å². The van der Waals surface area contributed by atoms with Gasteiger partial charge in [0.15, 0.2) is 0 Å². The molecule has 0 spiro atoms. The van der Waals surface area contributed by atoms with E-state index in [1.54, 1.807) is 42.7 Å². The summed E-state index contributed by atoms with van der Waals surface area (Å²) in [5.41, 5.74) is 4.42. The molecule has 1 aliphatic heterocycles. The maximum atomic E-state index is 12.5. The van der Waals surface area contributed by atoms with Gasteiger partial charge in [-0.05, 0) is 36.4 Å². The van der Waals surface area contributed by atoms with Gasteiger partial charge in [0.1, 0.15) is 5.82 Å². The maximum Gasteiger partial charge on any atom is 0.260 e. The summed E-state index contributed by atoms with van der Waals surface area (Å²) in [5, 5.41) is 2.86. The van der Waals surface area contributed by atoms with E-state index in [9.17, 15) is 9.59 Å². The minimum atomic E-state index is -0.225. The fraction of sp³-hybridized carbons (Fsp3) is 0. The van der Waals surface area contributed by atoms with Crippen LogP contribution >= 0.6 is 0 Å². The van der Waals surface area contributed by atoms with Crippen LogP contribution in [0.2, 0.25) is 0 Å². The fourth-order valence-corrected chi connectivity index (χ4v) is 3.33. The van der Waals surface area contributed by atoms with Crippen LogP contribution in [-0.4, -0.2) is 25.8 Å². The number of hydrogen-bond donors (Lipinski definition) is 3. The average Bonchev–Trinajstić information content (AvgIpc) is 3.20. The van der Waals surface area contributed by atoms with Crippen LogP contribution in [0.25, 0.3) is 33.7 Å². The molecule has 0 bridgehead atoms. The van der Waals surface area contributed by atoms with E-state index in [1.807, 2.05) is 30.3 Å². The lowest BCUT2D eigenvalue weighted by Gasteiger charge is -2.04. The molecular formula is C22H15N5O2. The zero-order valence-electron chi connectivity index (χ0n) is 15.1. The lowest BCUT2D eigenvalue weighted by Crippen LogP contribution is -2.11. The molecule has 7 heteroatoms. The average molecular weight is 381 g/mol. The first-order valence-electron chi connectivity index (χ1n) is 9.01. The van der Waals surface area contributed by atoms with Crippen LogP contribution in [0.15, 0.2) is 77.9 Å². The molecule has 5 rings (SSSR count). The van der Waals surface area contributed by atoms with Gasteiger partial charge in [0.05, 0.1) is 16.6 Å². The van der Waals surface area contributed by atoms with Crippen molar-refractivity contribution in [2.75, 3.05) is 5.32 Å². The van der Waals surface area contributed by atoms with Crippen molar-refractivity contribution in [3.05, 3.63) is 89.0 Å². The number of fused-ring (bicyclic) bond motifs is 2. The van der Waals surface area contributed by atoms with Crippen LogP contribution in [0.3, 0.4) is 0 Å². The van der Waals surface area contributed by atoms with Gasteiger partial charge in [0.2, 0.25) is 0 Å². The SMILES string of the molecule is O=C(Nc1ccc2nc(-c3c4cccccc-4[nH]c3=O)[nH]c2c1)c1ccncc1. The third-order valence-corrected chi connectivity index (χ3v) is 4.70. The van der Waals surface area contributed by atoms with Crippen molar-refractivity contribution in [3.8, 4) is 22.6 Å². The van der Waals surface area contributed by atoms with Crippen LogP contribution in [-0.2, 0) is 0 Å². The molecule has 7 nitrogen and oxygen atoms in total. The number of rotatable bonds is 3. The van der Waals surface area contributed by atoms with E-state index in [0.29, 0.717) is 28.2 Å². The smallest absolute Gasteiger partial charge is 0.260 e. The summed E-state index contributed by atoms with van der Waals surface area (Å²) < 4.78 is 0. The van der Waals surface area contributed by atoms with Crippen LogP contribution in [0.1, 0.15) is 10.4 Å². The predicted octanol–water partition coefficient (Wildman–Crippen LogP) is 3.67. The summed E-state index contributed by atoms with van der Waals surface area (Å²) in [6.07, 6.45) is 3.14. The quantitative estimate of drug-likeness (QED) is 0.443.